The molecule has 5 heteroatoms. The molecule has 164 valence electrons. The molecule has 3 aromatic carbocycles. The van der Waals surface area contributed by atoms with E-state index in [1.807, 2.05) is 91.0 Å². The van der Waals surface area contributed by atoms with Crippen molar-refractivity contribution in [1.29, 1.82) is 0 Å². The topological polar surface area (TPSA) is 54.0 Å². The molecule has 0 aromatic heterocycles. The van der Waals surface area contributed by atoms with E-state index in [4.69, 9.17) is 18.9 Å². The highest BCUT2D eigenvalue weighted by atomic mass is 16.7. The van der Waals surface area contributed by atoms with Gasteiger partial charge in [-0.3, -0.25) is 0 Å². The number of benzene rings is 3. The monoisotopic (exact) mass is 430 g/mol. The Morgan fingerprint density at radius 3 is 1.69 bits per heavy atom. The van der Waals surface area contributed by atoms with Crippen molar-refractivity contribution in [3.05, 3.63) is 108 Å². The van der Waals surface area contributed by atoms with E-state index in [-0.39, 0.29) is 12.1 Å². The fourth-order valence-corrected chi connectivity index (χ4v) is 4.20. The van der Waals surface area contributed by atoms with Gasteiger partial charge < -0.3 is 18.9 Å². The van der Waals surface area contributed by atoms with E-state index in [1.54, 1.807) is 0 Å². The second-order valence-electron chi connectivity index (χ2n) is 8.30. The van der Waals surface area contributed by atoms with Gasteiger partial charge in [0.1, 0.15) is 12.2 Å². The van der Waals surface area contributed by atoms with E-state index >= 15 is 0 Å². The van der Waals surface area contributed by atoms with Gasteiger partial charge in [0.05, 0.1) is 19.8 Å². The molecule has 2 fully saturated rings. The minimum absolute atomic E-state index is 0.210. The number of ether oxygens (including phenoxy) is 4. The molecule has 4 atom stereocenters. The van der Waals surface area contributed by atoms with Crippen LogP contribution in [0, 0.1) is 0 Å². The van der Waals surface area contributed by atoms with Crippen LogP contribution in [-0.2, 0) is 43.6 Å². The van der Waals surface area contributed by atoms with Crippen LogP contribution >= 0.6 is 0 Å². The van der Waals surface area contributed by atoms with Gasteiger partial charge in [-0.15, -0.1) is 0 Å². The van der Waals surface area contributed by atoms with Crippen LogP contribution in [0.5, 0.6) is 0 Å². The molecule has 1 heterocycles. The quantitative estimate of drug-likeness (QED) is 0.470. The average molecular weight is 431 g/mol. The first kappa shape index (κ1) is 20.9. The third kappa shape index (κ3) is 4.46. The summed E-state index contributed by atoms with van der Waals surface area (Å²) >= 11 is 0. The van der Waals surface area contributed by atoms with Crippen LogP contribution in [0.4, 0.5) is 0 Å². The normalized spacial score (nSPS) is 26.2. The van der Waals surface area contributed by atoms with E-state index in [9.17, 15) is 4.79 Å². The Morgan fingerprint density at radius 1 is 0.688 bits per heavy atom. The molecule has 1 aliphatic carbocycles. The van der Waals surface area contributed by atoms with Crippen LogP contribution in [0.3, 0.4) is 0 Å². The van der Waals surface area contributed by atoms with Crippen molar-refractivity contribution in [2.24, 2.45) is 0 Å². The van der Waals surface area contributed by atoms with E-state index in [0.717, 1.165) is 16.7 Å². The number of hydrogen-bond donors (Lipinski definition) is 0. The summed E-state index contributed by atoms with van der Waals surface area (Å²) in [5, 5.41) is 0. The molecule has 2 aliphatic rings. The van der Waals surface area contributed by atoms with Gasteiger partial charge in [-0.2, -0.15) is 0 Å². The highest BCUT2D eigenvalue weighted by Crippen LogP contribution is 2.52. The first-order valence-corrected chi connectivity index (χ1v) is 10.9. The Bertz CT molecular complexity index is 1020. The highest BCUT2D eigenvalue weighted by Gasteiger charge is 2.72. The maximum atomic E-state index is 12.8. The molecule has 1 spiro atoms. The first-order chi connectivity index (χ1) is 15.7. The minimum Gasteiger partial charge on any atom is -0.451 e. The third-order valence-corrected chi connectivity index (χ3v) is 6.01. The summed E-state index contributed by atoms with van der Waals surface area (Å²) in [5.41, 5.74) is 2.32. The van der Waals surface area contributed by atoms with Crippen LogP contribution in [0.2, 0.25) is 0 Å². The summed E-state index contributed by atoms with van der Waals surface area (Å²) in [5.74, 6) is -0.384. The lowest BCUT2D eigenvalue weighted by molar-refractivity contribution is -0.152. The standard InChI is InChI=1S/C27H26O5/c28-26-24(30-18-21-12-6-2-7-13-21)25(31-19-22-14-8-3-9-15-22)27(32-26)16-23(27)29-17-20-10-4-1-5-11-20/h1-15,23-25H,16-19H2/t23-,24-,25+,27?/m1/s1. The third-order valence-electron chi connectivity index (χ3n) is 6.01. The minimum atomic E-state index is -0.790. The second-order valence-corrected chi connectivity index (χ2v) is 8.30. The first-order valence-electron chi connectivity index (χ1n) is 10.9. The van der Waals surface area contributed by atoms with Crippen molar-refractivity contribution in [3.8, 4) is 0 Å². The summed E-state index contributed by atoms with van der Waals surface area (Å²) < 4.78 is 24.3. The lowest BCUT2D eigenvalue weighted by Crippen LogP contribution is -2.39. The summed E-state index contributed by atoms with van der Waals surface area (Å²) in [6.07, 6.45) is -0.919. The van der Waals surface area contributed by atoms with Gasteiger partial charge in [0.25, 0.3) is 0 Å². The molecule has 0 amide bonds. The van der Waals surface area contributed by atoms with Crippen LogP contribution in [0.25, 0.3) is 0 Å². The van der Waals surface area contributed by atoms with E-state index in [0.29, 0.717) is 26.2 Å². The lowest BCUT2D eigenvalue weighted by atomic mass is 10.1. The van der Waals surface area contributed by atoms with Gasteiger partial charge in [-0.1, -0.05) is 91.0 Å². The van der Waals surface area contributed by atoms with Crippen molar-refractivity contribution in [3.63, 3.8) is 0 Å². The average Bonchev–Trinajstić information content (AvgIpc) is 3.46. The summed E-state index contributed by atoms with van der Waals surface area (Å²) in [6, 6.07) is 29.7. The van der Waals surface area contributed by atoms with Crippen molar-refractivity contribution in [2.75, 3.05) is 0 Å². The molecule has 3 aromatic rings. The molecule has 1 aliphatic heterocycles. The van der Waals surface area contributed by atoms with E-state index in [1.165, 1.54) is 0 Å². The summed E-state index contributed by atoms with van der Waals surface area (Å²) in [4.78, 5) is 12.8. The second kappa shape index (κ2) is 9.25. The molecular formula is C27H26O5. The van der Waals surface area contributed by atoms with Crippen molar-refractivity contribution in [2.45, 2.75) is 50.2 Å². The van der Waals surface area contributed by atoms with Gasteiger partial charge in [-0.25, -0.2) is 4.79 Å². The van der Waals surface area contributed by atoms with Gasteiger partial charge in [0, 0.05) is 6.42 Å². The Kier molecular flexibility index (Phi) is 6.04. The zero-order valence-electron chi connectivity index (χ0n) is 17.8. The van der Waals surface area contributed by atoms with Gasteiger partial charge >= 0.3 is 5.97 Å². The lowest BCUT2D eigenvalue weighted by Gasteiger charge is -2.22. The smallest absolute Gasteiger partial charge is 0.338 e. The SMILES string of the molecule is O=C1OC2(C[C@H]2OCc2ccccc2)[C@@H](OCc2ccccc2)[C@H]1OCc1ccccc1. The van der Waals surface area contributed by atoms with E-state index < -0.39 is 17.8 Å². The Balaban J connectivity index is 1.29. The maximum Gasteiger partial charge on any atom is 0.338 e. The summed E-state index contributed by atoms with van der Waals surface area (Å²) in [7, 11) is 0. The molecule has 1 unspecified atom stereocenters. The molecule has 0 bridgehead atoms. The van der Waals surface area contributed by atoms with Crippen LogP contribution < -0.4 is 0 Å². The fourth-order valence-electron chi connectivity index (χ4n) is 4.20. The molecule has 0 radical (unpaired) electrons. The molecule has 5 nitrogen and oxygen atoms in total. The molecule has 1 saturated carbocycles. The van der Waals surface area contributed by atoms with Gasteiger partial charge in [0.15, 0.2) is 11.7 Å². The molecular weight excluding hydrogens is 404 g/mol. The molecule has 1 saturated heterocycles. The summed E-state index contributed by atoms with van der Waals surface area (Å²) in [6.45, 7) is 1.16. The van der Waals surface area contributed by atoms with Crippen molar-refractivity contribution in [1.82, 2.24) is 0 Å². The van der Waals surface area contributed by atoms with Crippen molar-refractivity contribution < 1.29 is 23.7 Å². The predicted molar refractivity (Wildman–Crippen MR) is 118 cm³/mol. The zero-order valence-corrected chi connectivity index (χ0v) is 17.8. The zero-order chi connectivity index (χ0) is 21.8. The Morgan fingerprint density at radius 2 is 1.16 bits per heavy atom. The number of rotatable bonds is 9. The van der Waals surface area contributed by atoms with Crippen LogP contribution in [0.1, 0.15) is 23.1 Å². The number of hydrogen-bond acceptors (Lipinski definition) is 5. The molecule has 5 rings (SSSR count). The molecule has 32 heavy (non-hydrogen) atoms. The fraction of sp³-hybridized carbons (Fsp3) is 0.296. The van der Waals surface area contributed by atoms with Gasteiger partial charge in [0.2, 0.25) is 0 Å². The Hall–Kier alpha value is -2.99. The highest BCUT2D eigenvalue weighted by molar-refractivity contribution is 5.80. The van der Waals surface area contributed by atoms with Crippen molar-refractivity contribution >= 4 is 5.97 Å². The largest absolute Gasteiger partial charge is 0.451 e. The van der Waals surface area contributed by atoms with E-state index in [2.05, 4.69) is 0 Å². The Labute approximate surface area is 187 Å². The number of esters is 1. The molecule has 0 N–H and O–H groups in total. The predicted octanol–water partition coefficient (Wildman–Crippen LogP) is 4.44. The van der Waals surface area contributed by atoms with Crippen LogP contribution in [-0.4, -0.2) is 29.9 Å². The van der Waals surface area contributed by atoms with Crippen LogP contribution in [0.15, 0.2) is 91.0 Å². The number of carbonyl (C=O) groups excluding carboxylic acids is 1. The number of carbonyl (C=O) groups is 1. The van der Waals surface area contributed by atoms with Gasteiger partial charge in [-0.05, 0) is 16.7 Å². The maximum absolute atomic E-state index is 12.8.